The fourth-order valence-corrected chi connectivity index (χ4v) is 3.62. The molecule has 2 rings (SSSR count). The predicted molar refractivity (Wildman–Crippen MR) is 85.0 cm³/mol. The zero-order chi connectivity index (χ0) is 14.8. The third-order valence-electron chi connectivity index (χ3n) is 5.29. The Morgan fingerprint density at radius 1 is 1.35 bits per heavy atom. The summed E-state index contributed by atoms with van der Waals surface area (Å²) < 4.78 is 5.57. The molecule has 1 N–H and O–H groups in total. The lowest BCUT2D eigenvalue weighted by atomic mass is 9.82. The maximum Gasteiger partial charge on any atom is 0.0507 e. The number of nitrogens with zero attached hydrogens (tertiary/aromatic N) is 1. The van der Waals surface area contributed by atoms with E-state index in [-0.39, 0.29) is 0 Å². The topological polar surface area (TPSA) is 24.5 Å². The first kappa shape index (κ1) is 16.3. The largest absolute Gasteiger partial charge is 0.381 e. The van der Waals surface area contributed by atoms with Crippen LogP contribution in [0.5, 0.6) is 0 Å². The third-order valence-corrected chi connectivity index (χ3v) is 5.29. The van der Waals surface area contributed by atoms with E-state index in [1.165, 1.54) is 25.9 Å². The molecule has 0 radical (unpaired) electrons. The molecule has 0 aromatic rings. The van der Waals surface area contributed by atoms with Gasteiger partial charge in [-0.05, 0) is 23.7 Å². The van der Waals surface area contributed by atoms with Crippen LogP contribution >= 0.6 is 0 Å². The molecular formula is C17H34N2O. The normalized spacial score (nSPS) is 34.4. The molecule has 0 bridgehead atoms. The van der Waals surface area contributed by atoms with Crippen molar-refractivity contribution in [3.63, 3.8) is 0 Å². The van der Waals surface area contributed by atoms with E-state index in [0.29, 0.717) is 17.5 Å². The van der Waals surface area contributed by atoms with Crippen LogP contribution in [0.3, 0.4) is 0 Å². The van der Waals surface area contributed by atoms with E-state index in [9.17, 15) is 0 Å². The van der Waals surface area contributed by atoms with E-state index < -0.39 is 0 Å². The second-order valence-corrected chi connectivity index (χ2v) is 7.97. The van der Waals surface area contributed by atoms with Crippen LogP contribution in [0.4, 0.5) is 0 Å². The molecule has 0 saturated carbocycles. The lowest BCUT2D eigenvalue weighted by Crippen LogP contribution is -2.62. The van der Waals surface area contributed by atoms with Crippen molar-refractivity contribution in [2.24, 2.45) is 17.3 Å². The van der Waals surface area contributed by atoms with Gasteiger partial charge in [-0.2, -0.15) is 0 Å². The number of hydrogen-bond acceptors (Lipinski definition) is 3. The fourth-order valence-electron chi connectivity index (χ4n) is 3.62. The summed E-state index contributed by atoms with van der Waals surface area (Å²) in [7, 11) is 0. The second kappa shape index (κ2) is 6.76. The smallest absolute Gasteiger partial charge is 0.0507 e. The molecule has 2 saturated heterocycles. The van der Waals surface area contributed by atoms with Crippen molar-refractivity contribution in [1.29, 1.82) is 0 Å². The van der Waals surface area contributed by atoms with Gasteiger partial charge in [0.15, 0.2) is 0 Å². The second-order valence-electron chi connectivity index (χ2n) is 7.97. The van der Waals surface area contributed by atoms with Gasteiger partial charge in [0.25, 0.3) is 0 Å². The Morgan fingerprint density at radius 2 is 2.10 bits per heavy atom. The third kappa shape index (κ3) is 3.96. The van der Waals surface area contributed by atoms with Crippen molar-refractivity contribution in [2.45, 2.75) is 59.5 Å². The highest BCUT2D eigenvalue weighted by atomic mass is 16.5. The summed E-state index contributed by atoms with van der Waals surface area (Å²) in [5, 5.41) is 3.81. The molecule has 20 heavy (non-hydrogen) atoms. The molecule has 0 aromatic heterocycles. The molecule has 4 unspecified atom stereocenters. The van der Waals surface area contributed by atoms with E-state index in [4.69, 9.17) is 4.74 Å². The van der Waals surface area contributed by atoms with Crippen molar-refractivity contribution in [2.75, 3.05) is 32.8 Å². The van der Waals surface area contributed by atoms with Gasteiger partial charge in [0, 0.05) is 38.3 Å². The van der Waals surface area contributed by atoms with E-state index in [0.717, 1.165) is 31.6 Å². The van der Waals surface area contributed by atoms with Crippen LogP contribution in [0.2, 0.25) is 0 Å². The highest BCUT2D eigenvalue weighted by Crippen LogP contribution is 2.29. The summed E-state index contributed by atoms with van der Waals surface area (Å²) in [6, 6.07) is 1.30. The van der Waals surface area contributed by atoms with E-state index in [1.54, 1.807) is 0 Å². The van der Waals surface area contributed by atoms with Crippen molar-refractivity contribution < 1.29 is 4.74 Å². The summed E-state index contributed by atoms with van der Waals surface area (Å²) in [4.78, 5) is 2.76. The van der Waals surface area contributed by atoms with Crippen molar-refractivity contribution in [3.05, 3.63) is 0 Å². The summed E-state index contributed by atoms with van der Waals surface area (Å²) in [5.41, 5.74) is 0.340. The minimum atomic E-state index is 0.340. The summed E-state index contributed by atoms with van der Waals surface area (Å²) >= 11 is 0. The quantitative estimate of drug-likeness (QED) is 0.858. The summed E-state index contributed by atoms with van der Waals surface area (Å²) in [6.45, 7) is 17.3. The minimum Gasteiger partial charge on any atom is -0.381 e. The van der Waals surface area contributed by atoms with Crippen LogP contribution in [-0.4, -0.2) is 49.8 Å². The Kier molecular flexibility index (Phi) is 5.49. The van der Waals surface area contributed by atoms with Crippen molar-refractivity contribution in [1.82, 2.24) is 10.2 Å². The van der Waals surface area contributed by atoms with Crippen LogP contribution in [0.25, 0.3) is 0 Å². The van der Waals surface area contributed by atoms with Gasteiger partial charge in [0.1, 0.15) is 0 Å². The van der Waals surface area contributed by atoms with E-state index in [2.05, 4.69) is 44.8 Å². The van der Waals surface area contributed by atoms with Crippen LogP contribution in [0.1, 0.15) is 47.5 Å². The van der Waals surface area contributed by atoms with E-state index >= 15 is 0 Å². The Balaban J connectivity index is 2.02. The molecular weight excluding hydrogens is 248 g/mol. The first-order valence-electron chi connectivity index (χ1n) is 8.47. The van der Waals surface area contributed by atoms with Crippen LogP contribution in [-0.2, 0) is 4.74 Å². The van der Waals surface area contributed by atoms with E-state index in [1.807, 2.05) is 0 Å². The first-order valence-corrected chi connectivity index (χ1v) is 8.47. The lowest BCUT2D eigenvalue weighted by Gasteiger charge is -2.48. The molecule has 0 aliphatic carbocycles. The Bertz CT molecular complexity index is 294. The average Bonchev–Trinajstić information content (AvgIpc) is 2.89. The number of ether oxygens (including phenoxy) is 1. The van der Waals surface area contributed by atoms with Gasteiger partial charge in [-0.1, -0.05) is 41.0 Å². The Morgan fingerprint density at radius 3 is 2.65 bits per heavy atom. The summed E-state index contributed by atoms with van der Waals surface area (Å²) in [6.07, 6.45) is 2.51. The average molecular weight is 282 g/mol. The fraction of sp³-hybridized carbons (Fsp3) is 1.00. The molecule has 0 amide bonds. The molecule has 2 aliphatic rings. The Labute approximate surface area is 125 Å². The molecule has 2 fully saturated rings. The number of hydrogen-bond donors (Lipinski definition) is 1. The van der Waals surface area contributed by atoms with Crippen LogP contribution < -0.4 is 5.32 Å². The Hall–Kier alpha value is -0.120. The van der Waals surface area contributed by atoms with Gasteiger partial charge in [0.2, 0.25) is 0 Å². The predicted octanol–water partition coefficient (Wildman–Crippen LogP) is 2.76. The lowest BCUT2D eigenvalue weighted by molar-refractivity contribution is 0.0305. The zero-order valence-corrected chi connectivity index (χ0v) is 14.1. The summed E-state index contributed by atoms with van der Waals surface area (Å²) in [5.74, 6) is 1.51. The zero-order valence-electron chi connectivity index (χ0n) is 14.1. The van der Waals surface area contributed by atoms with Gasteiger partial charge in [-0.25, -0.2) is 0 Å². The van der Waals surface area contributed by atoms with Crippen LogP contribution in [0, 0.1) is 17.3 Å². The molecule has 3 heteroatoms. The van der Waals surface area contributed by atoms with Gasteiger partial charge >= 0.3 is 0 Å². The highest BCUT2D eigenvalue weighted by Gasteiger charge is 2.37. The molecule has 0 spiro atoms. The van der Waals surface area contributed by atoms with Gasteiger partial charge in [-0.3, -0.25) is 4.90 Å². The number of nitrogens with one attached hydrogen (secondary N) is 1. The van der Waals surface area contributed by atoms with Crippen molar-refractivity contribution in [3.8, 4) is 0 Å². The maximum atomic E-state index is 5.57. The molecule has 0 aromatic carbocycles. The highest BCUT2D eigenvalue weighted by molar-refractivity contribution is 4.94. The number of rotatable bonds is 4. The SMILES string of the molecule is CCC(C)C1CN(CC2CCOC2)C(C(C)(C)C)CN1. The first-order chi connectivity index (χ1) is 9.41. The maximum absolute atomic E-state index is 5.57. The van der Waals surface area contributed by atoms with Gasteiger partial charge in [0.05, 0.1) is 6.61 Å². The molecule has 2 aliphatic heterocycles. The number of piperazine rings is 1. The molecule has 2 heterocycles. The minimum absolute atomic E-state index is 0.340. The monoisotopic (exact) mass is 282 g/mol. The standard InChI is InChI=1S/C17H34N2O/c1-6-13(2)15-11-19(10-14-7-8-20-12-14)16(9-18-15)17(3,4)5/h13-16,18H,6-12H2,1-5H3. The van der Waals surface area contributed by atoms with Crippen molar-refractivity contribution >= 4 is 0 Å². The van der Waals surface area contributed by atoms with Gasteiger partial charge in [-0.15, -0.1) is 0 Å². The molecule has 4 atom stereocenters. The van der Waals surface area contributed by atoms with Gasteiger partial charge < -0.3 is 10.1 Å². The molecule has 118 valence electrons. The van der Waals surface area contributed by atoms with Crippen LogP contribution in [0.15, 0.2) is 0 Å². The molecule has 3 nitrogen and oxygen atoms in total.